The van der Waals surface area contributed by atoms with Crippen molar-refractivity contribution in [2.45, 2.75) is 169 Å². The minimum Gasteiger partial charge on any atom is -0.507 e. The molecule has 2 aliphatic rings. The fraction of sp³-hybridized carbons (Fsp3) is 0.565. The number of likely N-dealkylation sites (tertiary alicyclic amines) is 1. The molecule has 0 saturated carbocycles. The number of Topliss-reactive ketones (excluding diaryl/α,β-unsaturated/α-hetero) is 1. The van der Waals surface area contributed by atoms with Crippen LogP contribution < -0.4 is 83.5 Å². The van der Waals surface area contributed by atoms with Gasteiger partial charge < -0.3 is 103 Å². The predicted molar refractivity (Wildman–Crippen MR) is 362 cm³/mol. The second-order valence-corrected chi connectivity index (χ2v) is 25.7. The lowest BCUT2D eigenvalue weighted by molar-refractivity contribution is -0.180. The molecule has 33 nitrogen and oxygen atoms in total. The maximum absolute atomic E-state index is 16.8. The predicted octanol–water partition coefficient (Wildman–Crippen LogP) is -4.59. The summed E-state index contributed by atoms with van der Waals surface area (Å²) in [5.74, 6) is -14.5. The van der Waals surface area contributed by atoms with Crippen molar-refractivity contribution in [1.82, 2.24) is 41.7 Å². The van der Waals surface area contributed by atoms with Crippen molar-refractivity contribution in [2.75, 3.05) is 52.4 Å². The SMILES string of the molecule is NCCCC[C@H](NC(=O)[C@@H](N)CCCCN)C(=O)N[C@@H](CCCN=C(N)N)C(=O)[C@](CCCN=C(N)N)(C(=O)OC(=O)[C@@H](Cc1ccccc1)NC(=O)[C@H](CO)NC(=O)[C@@H](N)Cc1cccs1)N(C(=O)CNC(=O)[C@@H]1CCCN1C(=O)[C@@H]1CCCN1)C(=O)[C@@H](N)Cc1cc(O)cs1. The van der Waals surface area contributed by atoms with E-state index in [1.807, 2.05) is 0 Å². The molecule has 0 bridgehead atoms. The standard InChI is InChI=1S/C62H95N19O14S2/c63-22-6-4-16-40(65)51(86)77-44(17-5-7-23-64)53(88)76-43(18-8-25-73-60(68)69)50(85)62(21-12-26-74-61(70)71,59(94)95-58(93)46(29-36-13-2-1-3-14-36)78-54(89)47(34-82)79-52(87)41(66)31-38-15-11-28-96-38)81(56(91)42(67)32-39-30-37(83)35-97-39)49(84)33-75-55(90)48-20-10-27-80(48)57(92)45-19-9-24-72-45/h1-3,11,13-15,28,30,35,40-48,72,82-83H,4-10,12,16-27,29,31-34,63-67H2,(H,75,90)(H,76,88)(H,77,86)(H,78,89)(H,79,87)(H4,68,69,73)(H4,70,71,74)/t40-,41-,42-,43-,44-,45-,46+,47-,48-,62+/m0/s1. The van der Waals surface area contributed by atoms with Gasteiger partial charge in [0.2, 0.25) is 52.8 Å². The molecule has 2 aromatic heterocycles. The summed E-state index contributed by atoms with van der Waals surface area (Å²) in [6.07, 6.45) is 0.00307. The number of amides is 8. The molecule has 97 heavy (non-hydrogen) atoms. The summed E-state index contributed by atoms with van der Waals surface area (Å²) in [4.78, 5) is 175. The molecule has 3 aromatic rings. The molecule has 2 saturated heterocycles. The second kappa shape index (κ2) is 40.2. The molecular weight excluding hydrogens is 1300 g/mol. The second-order valence-electron chi connectivity index (χ2n) is 23.7. The van der Waals surface area contributed by atoms with E-state index >= 15 is 28.8 Å². The highest BCUT2D eigenvalue weighted by atomic mass is 32.1. The Kier molecular flexibility index (Phi) is 32.8. The van der Waals surface area contributed by atoms with Crippen molar-refractivity contribution in [3.63, 3.8) is 0 Å². The third-order valence-corrected chi connectivity index (χ3v) is 18.1. The van der Waals surface area contributed by atoms with E-state index in [0.717, 1.165) is 16.2 Å². The van der Waals surface area contributed by atoms with Gasteiger partial charge >= 0.3 is 11.9 Å². The number of imide groups is 1. The fourth-order valence-electron chi connectivity index (χ4n) is 11.2. The minimum absolute atomic E-state index is 0.0491. The van der Waals surface area contributed by atoms with E-state index in [4.69, 9.17) is 56.3 Å². The molecule has 0 unspecified atom stereocenters. The fourth-order valence-corrected chi connectivity index (χ4v) is 12.8. The van der Waals surface area contributed by atoms with Gasteiger partial charge in [0, 0.05) is 54.0 Å². The Morgan fingerprint density at radius 3 is 1.92 bits per heavy atom. The van der Waals surface area contributed by atoms with Crippen LogP contribution in [0.25, 0.3) is 0 Å². The Labute approximate surface area is 569 Å². The number of unbranched alkanes of at least 4 members (excludes halogenated alkanes) is 2. The smallest absolute Gasteiger partial charge is 0.348 e. The van der Waals surface area contributed by atoms with Gasteiger partial charge in [-0.1, -0.05) is 42.8 Å². The van der Waals surface area contributed by atoms with E-state index in [1.165, 1.54) is 39.8 Å². The molecule has 0 radical (unpaired) electrons. The first kappa shape index (κ1) is 79.1. The van der Waals surface area contributed by atoms with Gasteiger partial charge in [-0.25, -0.2) is 9.59 Å². The van der Waals surface area contributed by atoms with Gasteiger partial charge in [-0.3, -0.25) is 58.0 Å². The number of aromatic hydroxyl groups is 1. The number of aliphatic hydroxyl groups is 1. The minimum atomic E-state index is -3.54. The van der Waals surface area contributed by atoms with Crippen LogP contribution >= 0.6 is 22.7 Å². The summed E-state index contributed by atoms with van der Waals surface area (Å²) < 4.78 is 5.78. The average molecular weight is 1390 g/mol. The number of ketones is 1. The summed E-state index contributed by atoms with van der Waals surface area (Å²) in [6.45, 7) is -1.79. The van der Waals surface area contributed by atoms with Crippen molar-refractivity contribution >= 4 is 99.6 Å². The van der Waals surface area contributed by atoms with E-state index < -0.39 is 183 Å². The quantitative estimate of drug-likeness (QED) is 0.00836. The maximum atomic E-state index is 16.8. The topological polar surface area (TPSA) is 575 Å². The van der Waals surface area contributed by atoms with Crippen LogP contribution in [0.3, 0.4) is 0 Å². The molecule has 4 heterocycles. The van der Waals surface area contributed by atoms with Crippen molar-refractivity contribution in [3.8, 4) is 5.75 Å². The Balaban J connectivity index is 1.75. The van der Waals surface area contributed by atoms with Crippen molar-refractivity contribution in [1.29, 1.82) is 0 Å². The lowest BCUT2D eigenvalue weighted by Gasteiger charge is -2.42. The van der Waals surface area contributed by atoms with Crippen molar-refractivity contribution in [2.24, 2.45) is 61.6 Å². The van der Waals surface area contributed by atoms with Crippen LogP contribution in [-0.2, 0) is 76.7 Å². The number of rotatable bonds is 41. The first-order valence-electron chi connectivity index (χ1n) is 32.3. The third-order valence-electron chi connectivity index (χ3n) is 16.3. The van der Waals surface area contributed by atoms with Crippen LogP contribution in [0.5, 0.6) is 5.75 Å². The van der Waals surface area contributed by atoms with E-state index in [9.17, 15) is 34.2 Å². The van der Waals surface area contributed by atoms with E-state index in [0.29, 0.717) is 57.2 Å². The number of nitrogens with two attached hydrogens (primary N) is 9. The summed E-state index contributed by atoms with van der Waals surface area (Å²) in [7, 11) is 0. The average Bonchev–Trinajstić information content (AvgIpc) is 1.22. The zero-order valence-corrected chi connectivity index (χ0v) is 55.9. The zero-order valence-electron chi connectivity index (χ0n) is 54.2. The summed E-state index contributed by atoms with van der Waals surface area (Å²) >= 11 is 2.26. The highest BCUT2D eigenvalue weighted by Crippen LogP contribution is 2.32. The first-order valence-corrected chi connectivity index (χ1v) is 34.0. The van der Waals surface area contributed by atoms with Crippen LogP contribution in [0.4, 0.5) is 0 Å². The molecule has 2 aliphatic heterocycles. The lowest BCUT2D eigenvalue weighted by Crippen LogP contribution is -2.71. The third kappa shape index (κ3) is 24.2. The Bertz CT molecular complexity index is 3180. The van der Waals surface area contributed by atoms with Crippen molar-refractivity contribution in [3.05, 3.63) is 74.6 Å². The number of ether oxygens (including phenoxy) is 1. The molecular formula is C62H95N19O14S2. The number of esters is 2. The normalized spacial score (nSPS) is 17.1. The largest absolute Gasteiger partial charge is 0.507 e. The number of carbonyl (C=O) groups is 11. The van der Waals surface area contributed by atoms with Crippen LogP contribution in [0.2, 0.25) is 0 Å². The zero-order chi connectivity index (χ0) is 71.2. The highest BCUT2D eigenvalue weighted by Gasteiger charge is 2.60. The lowest BCUT2D eigenvalue weighted by atomic mass is 9.80. The number of carbonyl (C=O) groups excluding carboxylic acids is 11. The number of thiophene rings is 2. The van der Waals surface area contributed by atoms with Crippen molar-refractivity contribution < 1.29 is 67.7 Å². The number of hydrogen-bond donors (Lipinski definition) is 17. The number of nitrogens with one attached hydrogen (secondary N) is 6. The van der Waals surface area contributed by atoms with Gasteiger partial charge in [-0.05, 0) is 126 Å². The molecule has 0 spiro atoms. The molecule has 8 amide bonds. The van der Waals surface area contributed by atoms with E-state index in [-0.39, 0.29) is 79.6 Å². The molecule has 534 valence electrons. The van der Waals surface area contributed by atoms with Crippen LogP contribution in [0.15, 0.2) is 69.3 Å². The van der Waals surface area contributed by atoms with Gasteiger partial charge in [0.15, 0.2) is 17.7 Å². The van der Waals surface area contributed by atoms with Crippen LogP contribution in [0.1, 0.15) is 105 Å². The molecule has 10 atom stereocenters. The Morgan fingerprint density at radius 1 is 0.680 bits per heavy atom. The van der Waals surface area contributed by atoms with Gasteiger partial charge in [0.05, 0.1) is 43.4 Å². The first-order chi connectivity index (χ1) is 46.3. The Hall–Kier alpha value is -8.55. The van der Waals surface area contributed by atoms with Gasteiger partial charge in [0.1, 0.15) is 29.9 Å². The summed E-state index contributed by atoms with van der Waals surface area (Å²) in [6, 6.07) is -0.782. The Morgan fingerprint density at radius 2 is 1.30 bits per heavy atom. The van der Waals surface area contributed by atoms with E-state index in [2.05, 4.69) is 41.9 Å². The highest BCUT2D eigenvalue weighted by molar-refractivity contribution is 7.10. The summed E-state index contributed by atoms with van der Waals surface area (Å²) in [5.41, 5.74) is 50.5. The van der Waals surface area contributed by atoms with Gasteiger partial charge in [-0.15, -0.1) is 22.7 Å². The number of nitrogens with zero attached hydrogens (tertiary/aromatic N) is 4. The van der Waals surface area contributed by atoms with Gasteiger partial charge in [0.25, 0.3) is 0 Å². The molecule has 2 fully saturated rings. The maximum Gasteiger partial charge on any atom is 0.348 e. The number of hydrogen-bond acceptors (Lipinski definition) is 24. The number of aliphatic imine (C=N–C) groups is 2. The van der Waals surface area contributed by atoms with Crippen LogP contribution in [0, 0.1) is 0 Å². The molecule has 0 aliphatic carbocycles. The molecule has 5 rings (SSSR count). The monoisotopic (exact) mass is 1390 g/mol. The number of benzene rings is 1. The number of aliphatic hydroxyl groups excluding tert-OH is 1. The number of guanidine groups is 2. The molecule has 1 aromatic carbocycles. The molecule has 35 heteroatoms. The van der Waals surface area contributed by atoms with Crippen LogP contribution in [-0.4, -0.2) is 209 Å². The van der Waals surface area contributed by atoms with Gasteiger partial charge in [-0.2, -0.15) is 0 Å². The molecule has 26 N–H and O–H groups in total. The summed E-state index contributed by atoms with van der Waals surface area (Å²) in [5, 5.41) is 39.6. The van der Waals surface area contributed by atoms with E-state index in [1.54, 1.807) is 35.7 Å².